The molecule has 1 aromatic carbocycles. The summed E-state index contributed by atoms with van der Waals surface area (Å²) in [6, 6.07) is 4.58. The molecule has 0 aliphatic rings. The number of anilines is 1. The molecule has 8 heteroatoms. The Hall–Kier alpha value is -1.92. The molecule has 92 valence electrons. The molecule has 0 spiro atoms. The molecule has 0 atom stereocenters. The highest BCUT2D eigenvalue weighted by Gasteiger charge is 2.13. The van der Waals surface area contributed by atoms with Gasteiger partial charge in [-0.1, -0.05) is 34.9 Å². The van der Waals surface area contributed by atoms with Crippen LogP contribution in [0.1, 0.15) is 10.4 Å². The Kier molecular flexibility index (Phi) is 3.59. The summed E-state index contributed by atoms with van der Waals surface area (Å²) in [4.78, 5) is 13.0. The van der Waals surface area contributed by atoms with E-state index in [1.165, 1.54) is 18.3 Å². The normalized spacial score (nSPS) is 10.1. The molecule has 0 radical (unpaired) electrons. The van der Waals surface area contributed by atoms with E-state index in [2.05, 4.69) is 27.3 Å². The molecule has 1 N–H and O–H groups in total. The largest absolute Gasteiger partial charge is 0.288 e. The van der Waals surface area contributed by atoms with E-state index in [0.717, 1.165) is 4.80 Å². The number of rotatable bonds is 3. The molecule has 2 rings (SSSR count). The number of nitrogens with one attached hydrogen (secondary N) is 1. The summed E-state index contributed by atoms with van der Waals surface area (Å²) in [5, 5.41) is 14.2. The standard InChI is InChI=1S/C10H7Cl2N5O/c1-2-17-15-10(14-16-17)13-9(18)7-5-6(11)3-4-8(7)12/h2-5H,1H2,(H,13,15,18). The van der Waals surface area contributed by atoms with Gasteiger partial charge in [0.1, 0.15) is 0 Å². The zero-order valence-corrected chi connectivity index (χ0v) is 10.5. The van der Waals surface area contributed by atoms with Gasteiger partial charge >= 0.3 is 0 Å². The summed E-state index contributed by atoms with van der Waals surface area (Å²) in [7, 11) is 0. The maximum absolute atomic E-state index is 11.9. The molecular weight excluding hydrogens is 277 g/mol. The van der Waals surface area contributed by atoms with Gasteiger partial charge in [0.25, 0.3) is 11.9 Å². The molecule has 18 heavy (non-hydrogen) atoms. The number of tetrazole rings is 1. The van der Waals surface area contributed by atoms with E-state index in [1.807, 2.05) is 0 Å². The van der Waals surface area contributed by atoms with Crippen LogP contribution in [0.3, 0.4) is 0 Å². The highest BCUT2D eigenvalue weighted by Crippen LogP contribution is 2.21. The van der Waals surface area contributed by atoms with Crippen molar-refractivity contribution in [3.8, 4) is 0 Å². The first-order chi connectivity index (χ1) is 8.60. The average Bonchev–Trinajstić information content (AvgIpc) is 2.80. The van der Waals surface area contributed by atoms with Crippen LogP contribution in [0.4, 0.5) is 5.95 Å². The summed E-state index contributed by atoms with van der Waals surface area (Å²) in [6.45, 7) is 3.45. The second kappa shape index (κ2) is 5.16. The van der Waals surface area contributed by atoms with Crippen LogP contribution in [-0.4, -0.2) is 26.1 Å². The van der Waals surface area contributed by atoms with Gasteiger partial charge in [0.05, 0.1) is 10.6 Å². The Morgan fingerprint density at radius 2 is 2.22 bits per heavy atom. The lowest BCUT2D eigenvalue weighted by Gasteiger charge is -2.03. The maximum atomic E-state index is 11.9. The first-order valence-electron chi connectivity index (χ1n) is 4.78. The van der Waals surface area contributed by atoms with Crippen molar-refractivity contribution >= 4 is 41.3 Å². The van der Waals surface area contributed by atoms with E-state index >= 15 is 0 Å². The highest BCUT2D eigenvalue weighted by atomic mass is 35.5. The second-order valence-corrected chi connectivity index (χ2v) is 4.04. The number of halogens is 2. The third-order valence-electron chi connectivity index (χ3n) is 1.99. The minimum absolute atomic E-state index is 0.0518. The van der Waals surface area contributed by atoms with E-state index in [0.29, 0.717) is 5.02 Å². The third-order valence-corrected chi connectivity index (χ3v) is 2.55. The Bertz CT molecular complexity index is 610. The van der Waals surface area contributed by atoms with E-state index in [9.17, 15) is 4.79 Å². The van der Waals surface area contributed by atoms with Crippen LogP contribution in [0.15, 0.2) is 24.8 Å². The number of hydrogen-bond donors (Lipinski definition) is 1. The Morgan fingerprint density at radius 1 is 1.44 bits per heavy atom. The van der Waals surface area contributed by atoms with Gasteiger partial charge in [-0.3, -0.25) is 10.1 Å². The van der Waals surface area contributed by atoms with Gasteiger partial charge in [-0.25, -0.2) is 0 Å². The van der Waals surface area contributed by atoms with Crippen LogP contribution in [0, 0.1) is 0 Å². The van der Waals surface area contributed by atoms with E-state index in [4.69, 9.17) is 23.2 Å². The number of benzene rings is 1. The quantitative estimate of drug-likeness (QED) is 0.938. The fourth-order valence-electron chi connectivity index (χ4n) is 1.19. The SMILES string of the molecule is C=Cn1nnc(NC(=O)c2cc(Cl)ccc2Cl)n1. The topological polar surface area (TPSA) is 72.7 Å². The van der Waals surface area contributed by atoms with E-state index in [-0.39, 0.29) is 16.5 Å². The van der Waals surface area contributed by atoms with Crippen LogP contribution < -0.4 is 5.32 Å². The Morgan fingerprint density at radius 3 is 2.89 bits per heavy atom. The van der Waals surface area contributed by atoms with Crippen molar-refractivity contribution in [3.05, 3.63) is 40.4 Å². The Balaban J connectivity index is 2.21. The van der Waals surface area contributed by atoms with Crippen molar-refractivity contribution in [2.75, 3.05) is 5.32 Å². The first-order valence-corrected chi connectivity index (χ1v) is 5.54. The number of amides is 1. The summed E-state index contributed by atoms with van der Waals surface area (Å²) in [6.07, 6.45) is 1.34. The number of carbonyl (C=O) groups excluding carboxylic acids is 1. The molecular formula is C10H7Cl2N5O. The Labute approximate surface area is 112 Å². The summed E-state index contributed by atoms with van der Waals surface area (Å²) < 4.78 is 0. The fourth-order valence-corrected chi connectivity index (χ4v) is 1.57. The molecule has 0 bridgehead atoms. The zero-order valence-electron chi connectivity index (χ0n) is 8.97. The molecule has 2 aromatic rings. The van der Waals surface area contributed by atoms with Crippen LogP contribution >= 0.6 is 23.2 Å². The van der Waals surface area contributed by atoms with Gasteiger partial charge in [0, 0.05) is 11.2 Å². The molecule has 0 unspecified atom stereocenters. The lowest BCUT2D eigenvalue weighted by atomic mass is 10.2. The third kappa shape index (κ3) is 2.66. The van der Waals surface area contributed by atoms with Crippen molar-refractivity contribution in [1.29, 1.82) is 0 Å². The van der Waals surface area contributed by atoms with Crippen LogP contribution in [-0.2, 0) is 0 Å². The van der Waals surface area contributed by atoms with Crippen LogP contribution in [0.25, 0.3) is 6.20 Å². The molecule has 0 aliphatic carbocycles. The summed E-state index contributed by atoms with van der Waals surface area (Å²) in [5.41, 5.74) is 0.235. The molecule has 0 saturated heterocycles. The van der Waals surface area contributed by atoms with Crippen LogP contribution in [0.5, 0.6) is 0 Å². The minimum atomic E-state index is -0.467. The number of hydrogen-bond acceptors (Lipinski definition) is 4. The van der Waals surface area contributed by atoms with Crippen molar-refractivity contribution in [1.82, 2.24) is 20.2 Å². The fraction of sp³-hybridized carbons (Fsp3) is 0. The molecule has 6 nitrogen and oxygen atoms in total. The van der Waals surface area contributed by atoms with E-state index in [1.54, 1.807) is 6.07 Å². The van der Waals surface area contributed by atoms with Crippen molar-refractivity contribution in [2.45, 2.75) is 0 Å². The van der Waals surface area contributed by atoms with Gasteiger partial charge in [-0.05, 0) is 23.4 Å². The highest BCUT2D eigenvalue weighted by molar-refractivity contribution is 6.36. The molecule has 0 aliphatic heterocycles. The maximum Gasteiger partial charge on any atom is 0.270 e. The average molecular weight is 284 g/mol. The van der Waals surface area contributed by atoms with Crippen molar-refractivity contribution in [2.24, 2.45) is 0 Å². The van der Waals surface area contributed by atoms with Gasteiger partial charge in [-0.2, -0.15) is 0 Å². The lowest BCUT2D eigenvalue weighted by Crippen LogP contribution is -2.13. The molecule has 1 aromatic heterocycles. The zero-order chi connectivity index (χ0) is 13.1. The van der Waals surface area contributed by atoms with E-state index < -0.39 is 5.91 Å². The molecule has 0 fully saturated rings. The molecule has 0 saturated carbocycles. The number of aromatic nitrogens is 4. The summed E-state index contributed by atoms with van der Waals surface area (Å²) in [5.74, 6) is -0.415. The predicted molar refractivity (Wildman–Crippen MR) is 68.6 cm³/mol. The van der Waals surface area contributed by atoms with Gasteiger partial charge in [-0.15, -0.1) is 9.90 Å². The van der Waals surface area contributed by atoms with Crippen molar-refractivity contribution in [3.63, 3.8) is 0 Å². The van der Waals surface area contributed by atoms with Gasteiger partial charge in [0.15, 0.2) is 0 Å². The first kappa shape index (κ1) is 12.5. The predicted octanol–water partition coefficient (Wildman–Crippen LogP) is 2.33. The van der Waals surface area contributed by atoms with Crippen molar-refractivity contribution < 1.29 is 4.79 Å². The molecule has 1 amide bonds. The van der Waals surface area contributed by atoms with Gasteiger partial charge < -0.3 is 0 Å². The lowest BCUT2D eigenvalue weighted by molar-refractivity contribution is 0.102. The molecule has 1 heterocycles. The second-order valence-electron chi connectivity index (χ2n) is 3.19. The summed E-state index contributed by atoms with van der Waals surface area (Å²) >= 11 is 11.7. The number of nitrogens with zero attached hydrogens (tertiary/aromatic N) is 4. The number of carbonyl (C=O) groups is 1. The monoisotopic (exact) mass is 283 g/mol. The van der Waals surface area contributed by atoms with Crippen LogP contribution in [0.2, 0.25) is 10.0 Å². The smallest absolute Gasteiger partial charge is 0.270 e. The van der Waals surface area contributed by atoms with Gasteiger partial charge in [0.2, 0.25) is 0 Å². The minimum Gasteiger partial charge on any atom is -0.288 e.